The molecule has 0 nitrogen and oxygen atoms in total. The van der Waals surface area contributed by atoms with E-state index in [4.69, 9.17) is 0 Å². The van der Waals surface area contributed by atoms with Crippen LogP contribution >= 0.6 is 15.9 Å². The average molecular weight is 179 g/mol. The minimum Gasteiger partial charge on any atom is -0.0894 e. The van der Waals surface area contributed by atoms with Crippen molar-refractivity contribution in [2.45, 2.75) is 44.4 Å². The van der Waals surface area contributed by atoms with E-state index in [0.29, 0.717) is 4.83 Å². The smallest absolute Gasteiger partial charge is 0.0117 e. The summed E-state index contributed by atoms with van der Waals surface area (Å²) in [5, 5.41) is 0. The second-order valence-corrected chi connectivity index (χ2v) is 3.84. The van der Waals surface area contributed by atoms with Gasteiger partial charge in [-0.15, -0.1) is 0 Å². The van der Waals surface area contributed by atoms with Crippen LogP contribution in [0.3, 0.4) is 0 Å². The molecular weight excluding hydrogens is 164 g/mol. The Labute approximate surface area is 60.8 Å². The highest BCUT2D eigenvalue weighted by Crippen LogP contribution is 2.08. The Morgan fingerprint density at radius 3 is 2.38 bits per heavy atom. The molecule has 0 saturated carbocycles. The highest BCUT2D eigenvalue weighted by Gasteiger charge is 1.92. The van der Waals surface area contributed by atoms with Crippen molar-refractivity contribution in [3.05, 3.63) is 0 Å². The van der Waals surface area contributed by atoms with Crippen LogP contribution in [0, 0.1) is 0 Å². The maximum Gasteiger partial charge on any atom is 0.0117 e. The van der Waals surface area contributed by atoms with E-state index < -0.39 is 0 Å². The Balaban J connectivity index is 2.72. The van der Waals surface area contributed by atoms with Gasteiger partial charge in [0.15, 0.2) is 0 Å². The summed E-state index contributed by atoms with van der Waals surface area (Å²) in [5.41, 5.74) is 0. The third-order valence-electron chi connectivity index (χ3n) is 1.21. The zero-order chi connectivity index (χ0) is 6.41. The normalized spacial score (nSPS) is 13.9. The van der Waals surface area contributed by atoms with Crippen molar-refractivity contribution in [1.82, 2.24) is 0 Å². The molecule has 0 rings (SSSR count). The molecule has 0 fully saturated rings. The van der Waals surface area contributed by atoms with Gasteiger partial charge in [0.1, 0.15) is 0 Å². The average Bonchev–Trinajstić information content (AvgIpc) is 1.66. The van der Waals surface area contributed by atoms with E-state index in [1.807, 2.05) is 0 Å². The molecule has 0 aromatic rings. The lowest BCUT2D eigenvalue weighted by atomic mass is 10.2. The minimum atomic E-state index is 0.717. The fourth-order valence-electron chi connectivity index (χ4n) is 0.676. The predicted octanol–water partition coefficient (Wildman–Crippen LogP) is 3.35. The number of alkyl halides is 1. The quantitative estimate of drug-likeness (QED) is 0.458. The summed E-state index contributed by atoms with van der Waals surface area (Å²) < 4.78 is 0. The van der Waals surface area contributed by atoms with Crippen molar-refractivity contribution in [1.29, 1.82) is 0 Å². The van der Waals surface area contributed by atoms with Crippen molar-refractivity contribution in [2.24, 2.45) is 0 Å². The van der Waals surface area contributed by atoms with Crippen LogP contribution in [0.4, 0.5) is 0 Å². The third kappa shape index (κ3) is 6.48. The molecule has 0 amide bonds. The Morgan fingerprint density at radius 2 is 2.00 bits per heavy atom. The molecule has 0 heterocycles. The molecule has 0 unspecified atom stereocenters. The van der Waals surface area contributed by atoms with E-state index in [-0.39, 0.29) is 0 Å². The molecule has 0 saturated heterocycles. The standard InChI is InChI=1S/C7H15Br/c1-3-4-5-6-7(2)8/h7H,3-6H2,1-2H3/t7-/m1/s1. The number of unbranched alkanes of at least 4 members (excludes halogenated alkanes) is 2. The molecule has 0 spiro atoms. The third-order valence-corrected chi connectivity index (χ3v) is 1.66. The summed E-state index contributed by atoms with van der Waals surface area (Å²) in [5.74, 6) is 0. The highest BCUT2D eigenvalue weighted by atomic mass is 79.9. The topological polar surface area (TPSA) is 0 Å². The Hall–Kier alpha value is 0.480. The molecule has 0 aromatic heterocycles. The largest absolute Gasteiger partial charge is 0.0894 e. The molecule has 8 heavy (non-hydrogen) atoms. The molecule has 1 heteroatoms. The maximum atomic E-state index is 3.50. The molecule has 0 N–H and O–H groups in total. The SMILES string of the molecule is CCCCC[C@@H](C)Br. The van der Waals surface area contributed by atoms with Gasteiger partial charge in [0.2, 0.25) is 0 Å². The van der Waals surface area contributed by atoms with E-state index >= 15 is 0 Å². The van der Waals surface area contributed by atoms with Crippen LogP contribution < -0.4 is 0 Å². The summed E-state index contributed by atoms with van der Waals surface area (Å²) >= 11 is 3.50. The fraction of sp³-hybridized carbons (Fsp3) is 1.00. The van der Waals surface area contributed by atoms with Gasteiger partial charge in [0.05, 0.1) is 0 Å². The first-order chi connectivity index (χ1) is 3.77. The Kier molecular flexibility index (Phi) is 5.95. The van der Waals surface area contributed by atoms with Gasteiger partial charge in [0.25, 0.3) is 0 Å². The van der Waals surface area contributed by atoms with E-state index in [1.54, 1.807) is 0 Å². The van der Waals surface area contributed by atoms with Gasteiger partial charge in [-0.25, -0.2) is 0 Å². The molecular formula is C7H15Br. The molecule has 0 aliphatic carbocycles. The van der Waals surface area contributed by atoms with Crippen LogP contribution in [0.5, 0.6) is 0 Å². The van der Waals surface area contributed by atoms with Crippen molar-refractivity contribution >= 4 is 15.9 Å². The lowest BCUT2D eigenvalue weighted by molar-refractivity contribution is 0.668. The monoisotopic (exact) mass is 178 g/mol. The summed E-state index contributed by atoms with van der Waals surface area (Å²) in [6.07, 6.45) is 5.42. The zero-order valence-electron chi connectivity index (χ0n) is 5.78. The van der Waals surface area contributed by atoms with Gasteiger partial charge in [-0.05, 0) is 6.42 Å². The second kappa shape index (κ2) is 5.61. The van der Waals surface area contributed by atoms with Crippen LogP contribution in [0.25, 0.3) is 0 Å². The molecule has 0 aliphatic heterocycles. The molecule has 50 valence electrons. The van der Waals surface area contributed by atoms with Gasteiger partial charge in [-0.1, -0.05) is 49.0 Å². The Morgan fingerprint density at radius 1 is 1.38 bits per heavy atom. The zero-order valence-corrected chi connectivity index (χ0v) is 7.37. The summed E-state index contributed by atoms with van der Waals surface area (Å²) in [6.45, 7) is 4.44. The number of halogens is 1. The first-order valence-electron chi connectivity index (χ1n) is 3.41. The van der Waals surface area contributed by atoms with Crippen LogP contribution in [-0.4, -0.2) is 4.83 Å². The molecule has 0 bridgehead atoms. The molecule has 0 aromatic carbocycles. The lowest BCUT2D eigenvalue weighted by Crippen LogP contribution is -1.87. The summed E-state index contributed by atoms with van der Waals surface area (Å²) in [6, 6.07) is 0. The Bertz CT molecular complexity index is 41.7. The van der Waals surface area contributed by atoms with Gasteiger partial charge >= 0.3 is 0 Å². The molecule has 0 radical (unpaired) electrons. The highest BCUT2D eigenvalue weighted by molar-refractivity contribution is 9.09. The minimum absolute atomic E-state index is 0.717. The summed E-state index contributed by atoms with van der Waals surface area (Å²) in [4.78, 5) is 0.717. The number of hydrogen-bond donors (Lipinski definition) is 0. The first-order valence-corrected chi connectivity index (χ1v) is 4.33. The van der Waals surface area contributed by atoms with Crippen LogP contribution in [0.2, 0.25) is 0 Å². The van der Waals surface area contributed by atoms with Crippen LogP contribution in [0.15, 0.2) is 0 Å². The van der Waals surface area contributed by atoms with Crippen molar-refractivity contribution < 1.29 is 0 Å². The van der Waals surface area contributed by atoms with Crippen LogP contribution in [-0.2, 0) is 0 Å². The van der Waals surface area contributed by atoms with Gasteiger partial charge in [0, 0.05) is 4.83 Å². The van der Waals surface area contributed by atoms with Gasteiger partial charge in [-0.3, -0.25) is 0 Å². The van der Waals surface area contributed by atoms with E-state index in [9.17, 15) is 0 Å². The van der Waals surface area contributed by atoms with E-state index in [1.165, 1.54) is 25.7 Å². The van der Waals surface area contributed by atoms with Crippen LogP contribution in [0.1, 0.15) is 39.5 Å². The first kappa shape index (κ1) is 8.48. The van der Waals surface area contributed by atoms with Crippen molar-refractivity contribution in [2.75, 3.05) is 0 Å². The number of hydrogen-bond acceptors (Lipinski definition) is 0. The van der Waals surface area contributed by atoms with Gasteiger partial charge < -0.3 is 0 Å². The second-order valence-electron chi connectivity index (χ2n) is 2.28. The van der Waals surface area contributed by atoms with Gasteiger partial charge in [-0.2, -0.15) is 0 Å². The summed E-state index contributed by atoms with van der Waals surface area (Å²) in [7, 11) is 0. The fourth-order valence-corrected chi connectivity index (χ4v) is 0.999. The van der Waals surface area contributed by atoms with E-state index in [0.717, 1.165) is 0 Å². The molecule has 1 atom stereocenters. The van der Waals surface area contributed by atoms with Crippen molar-refractivity contribution in [3.63, 3.8) is 0 Å². The number of rotatable bonds is 4. The van der Waals surface area contributed by atoms with E-state index in [2.05, 4.69) is 29.8 Å². The lowest BCUT2D eigenvalue weighted by Gasteiger charge is -1.98. The van der Waals surface area contributed by atoms with Crippen molar-refractivity contribution in [3.8, 4) is 0 Å². The maximum absolute atomic E-state index is 3.50. The molecule has 0 aliphatic rings. The predicted molar refractivity (Wildman–Crippen MR) is 42.5 cm³/mol.